The van der Waals surface area contributed by atoms with Gasteiger partial charge in [-0.15, -0.1) is 0 Å². The van der Waals surface area contributed by atoms with Gasteiger partial charge in [-0.25, -0.2) is 0 Å². The van der Waals surface area contributed by atoms with Crippen molar-refractivity contribution in [2.24, 2.45) is 11.3 Å². The fourth-order valence-corrected chi connectivity index (χ4v) is 3.17. The van der Waals surface area contributed by atoms with Crippen LogP contribution in [0.3, 0.4) is 0 Å². The Balaban J connectivity index is 1.75. The van der Waals surface area contributed by atoms with Crippen molar-refractivity contribution in [3.05, 3.63) is 29.8 Å². The summed E-state index contributed by atoms with van der Waals surface area (Å²) in [7, 11) is 1.63. The maximum atomic E-state index is 12.5. The smallest absolute Gasteiger partial charge is 0.166 e. The van der Waals surface area contributed by atoms with Gasteiger partial charge in [-0.3, -0.25) is 4.79 Å². The molecule has 0 amide bonds. The highest BCUT2D eigenvalue weighted by atomic mass is 16.5. The predicted octanol–water partition coefficient (Wildman–Crippen LogP) is 2.27. The van der Waals surface area contributed by atoms with Crippen molar-refractivity contribution < 1.29 is 9.53 Å². The highest BCUT2D eigenvalue weighted by Crippen LogP contribution is 2.59. The van der Waals surface area contributed by atoms with E-state index in [9.17, 15) is 4.79 Å². The maximum Gasteiger partial charge on any atom is 0.166 e. The monoisotopic (exact) mass is 245 g/mol. The molecular weight excluding hydrogens is 226 g/mol. The summed E-state index contributed by atoms with van der Waals surface area (Å²) in [4.78, 5) is 12.5. The van der Waals surface area contributed by atoms with Crippen molar-refractivity contribution in [2.45, 2.75) is 19.3 Å². The zero-order valence-electron chi connectivity index (χ0n) is 10.7. The van der Waals surface area contributed by atoms with E-state index >= 15 is 0 Å². The molecule has 1 aromatic carbocycles. The van der Waals surface area contributed by atoms with Gasteiger partial charge in [0.25, 0.3) is 0 Å². The van der Waals surface area contributed by atoms with Crippen LogP contribution in [-0.2, 0) is 0 Å². The van der Waals surface area contributed by atoms with E-state index in [1.807, 2.05) is 24.3 Å². The lowest BCUT2D eigenvalue weighted by atomic mass is 9.89. The molecule has 0 bridgehead atoms. The van der Waals surface area contributed by atoms with Crippen LogP contribution in [-0.4, -0.2) is 26.0 Å². The molecule has 1 aliphatic carbocycles. The molecule has 1 atom stereocenters. The van der Waals surface area contributed by atoms with Gasteiger partial charge in [0.2, 0.25) is 0 Å². The molecule has 0 aromatic heterocycles. The van der Waals surface area contributed by atoms with Gasteiger partial charge < -0.3 is 10.1 Å². The first-order chi connectivity index (χ1) is 8.75. The Morgan fingerprint density at radius 2 is 2.17 bits per heavy atom. The average molecular weight is 245 g/mol. The molecule has 1 aliphatic heterocycles. The molecule has 1 unspecified atom stereocenters. The number of hydrogen-bond acceptors (Lipinski definition) is 3. The molecule has 1 aromatic rings. The zero-order valence-corrected chi connectivity index (χ0v) is 10.7. The summed E-state index contributed by atoms with van der Waals surface area (Å²) in [5, 5.41) is 3.37. The first-order valence-corrected chi connectivity index (χ1v) is 6.64. The molecule has 1 N–H and O–H groups in total. The summed E-state index contributed by atoms with van der Waals surface area (Å²) in [5.41, 5.74) is 1.11. The van der Waals surface area contributed by atoms with E-state index in [4.69, 9.17) is 4.74 Å². The fraction of sp³-hybridized carbons (Fsp3) is 0.533. The van der Waals surface area contributed by atoms with Crippen LogP contribution in [0, 0.1) is 11.3 Å². The summed E-state index contributed by atoms with van der Waals surface area (Å²) in [6, 6.07) is 7.53. The van der Waals surface area contributed by atoms with Crippen LogP contribution < -0.4 is 10.1 Å². The zero-order chi connectivity index (χ0) is 12.6. The Labute approximate surface area is 108 Å². The van der Waals surface area contributed by atoms with E-state index < -0.39 is 0 Å². The van der Waals surface area contributed by atoms with E-state index in [1.165, 1.54) is 0 Å². The molecule has 3 nitrogen and oxygen atoms in total. The minimum atomic E-state index is 0.242. The molecule has 3 heteroatoms. The highest BCUT2D eigenvalue weighted by molar-refractivity contribution is 6.00. The molecule has 1 saturated heterocycles. The van der Waals surface area contributed by atoms with Crippen LogP contribution in [0.15, 0.2) is 24.3 Å². The summed E-state index contributed by atoms with van der Waals surface area (Å²) < 4.78 is 5.18. The van der Waals surface area contributed by atoms with Gasteiger partial charge in [0.1, 0.15) is 5.75 Å². The lowest BCUT2D eigenvalue weighted by Gasteiger charge is -2.23. The second-order valence-corrected chi connectivity index (χ2v) is 5.47. The third kappa shape index (κ3) is 1.93. The van der Waals surface area contributed by atoms with Crippen LogP contribution in [0.2, 0.25) is 0 Å². The lowest BCUT2D eigenvalue weighted by Crippen LogP contribution is -2.30. The summed E-state index contributed by atoms with van der Waals surface area (Å²) in [6.07, 6.45) is 3.37. The Morgan fingerprint density at radius 3 is 2.89 bits per heavy atom. The second kappa shape index (κ2) is 4.39. The van der Waals surface area contributed by atoms with Gasteiger partial charge in [0, 0.05) is 11.5 Å². The van der Waals surface area contributed by atoms with E-state index in [2.05, 4.69) is 5.32 Å². The van der Waals surface area contributed by atoms with Gasteiger partial charge >= 0.3 is 0 Å². The molecular formula is C15H19NO2. The predicted molar refractivity (Wildman–Crippen MR) is 70.0 cm³/mol. The maximum absolute atomic E-state index is 12.5. The molecule has 0 radical (unpaired) electrons. The topological polar surface area (TPSA) is 38.3 Å². The van der Waals surface area contributed by atoms with E-state index in [-0.39, 0.29) is 5.92 Å². The number of hydrogen-bond donors (Lipinski definition) is 1. The van der Waals surface area contributed by atoms with Crippen molar-refractivity contribution in [3.8, 4) is 5.75 Å². The van der Waals surface area contributed by atoms with Gasteiger partial charge in [-0.05, 0) is 49.9 Å². The molecule has 1 saturated carbocycles. The third-order valence-electron chi connectivity index (χ3n) is 4.46. The summed E-state index contributed by atoms with van der Waals surface area (Å²) in [6.45, 7) is 2.11. The summed E-state index contributed by atoms with van der Waals surface area (Å²) in [5.74, 6) is 1.31. The normalized spacial score (nSPS) is 24.8. The second-order valence-electron chi connectivity index (χ2n) is 5.47. The van der Waals surface area contributed by atoms with E-state index in [1.54, 1.807) is 7.11 Å². The number of rotatable bonds is 3. The fourth-order valence-electron chi connectivity index (χ4n) is 3.17. The van der Waals surface area contributed by atoms with Crippen LogP contribution in [0.25, 0.3) is 0 Å². The molecule has 2 fully saturated rings. The molecule has 1 heterocycles. The standard InChI is InChI=1S/C15H19NO2/c1-18-12-4-2-3-11(9-12)14(17)13-10-15(13)5-7-16-8-6-15/h2-4,9,13,16H,5-8,10H2,1H3. The van der Waals surface area contributed by atoms with Crippen LogP contribution in [0.5, 0.6) is 5.75 Å². The Kier molecular flexibility index (Phi) is 2.86. The third-order valence-corrected chi connectivity index (χ3v) is 4.46. The summed E-state index contributed by atoms with van der Waals surface area (Å²) >= 11 is 0. The van der Waals surface area contributed by atoms with Crippen molar-refractivity contribution in [3.63, 3.8) is 0 Å². The number of piperidine rings is 1. The van der Waals surface area contributed by atoms with Crippen molar-refractivity contribution in [1.82, 2.24) is 5.32 Å². The number of carbonyl (C=O) groups excluding carboxylic acids is 1. The SMILES string of the molecule is COc1cccc(C(=O)C2CC23CCNCC3)c1. The number of carbonyl (C=O) groups is 1. The minimum absolute atomic E-state index is 0.242. The van der Waals surface area contributed by atoms with Crippen molar-refractivity contribution in [1.29, 1.82) is 0 Å². The van der Waals surface area contributed by atoms with Gasteiger partial charge in [-0.2, -0.15) is 0 Å². The van der Waals surface area contributed by atoms with Gasteiger partial charge in [0.05, 0.1) is 7.11 Å². The van der Waals surface area contributed by atoms with Crippen molar-refractivity contribution >= 4 is 5.78 Å². The van der Waals surface area contributed by atoms with Crippen molar-refractivity contribution in [2.75, 3.05) is 20.2 Å². The number of methoxy groups -OCH3 is 1. The van der Waals surface area contributed by atoms with Crippen LogP contribution >= 0.6 is 0 Å². The lowest BCUT2D eigenvalue weighted by molar-refractivity contribution is 0.0940. The quantitative estimate of drug-likeness (QED) is 0.830. The molecule has 2 aliphatic rings. The van der Waals surface area contributed by atoms with E-state index in [0.29, 0.717) is 11.2 Å². The first kappa shape index (κ1) is 11.7. The molecule has 96 valence electrons. The first-order valence-electron chi connectivity index (χ1n) is 6.64. The van der Waals surface area contributed by atoms with Gasteiger partial charge in [0.15, 0.2) is 5.78 Å². The minimum Gasteiger partial charge on any atom is -0.497 e. The molecule has 1 spiro atoms. The number of Topliss-reactive ketones (excluding diaryl/α,β-unsaturated/α-hetero) is 1. The number of ketones is 1. The van der Waals surface area contributed by atoms with E-state index in [0.717, 1.165) is 43.7 Å². The number of benzene rings is 1. The highest BCUT2D eigenvalue weighted by Gasteiger charge is 2.57. The Bertz CT molecular complexity index is 463. The molecule has 3 rings (SSSR count). The number of nitrogens with one attached hydrogen (secondary N) is 1. The molecule has 18 heavy (non-hydrogen) atoms. The number of ether oxygens (including phenoxy) is 1. The average Bonchev–Trinajstić information content (AvgIpc) is 3.12. The Hall–Kier alpha value is -1.35. The Morgan fingerprint density at radius 1 is 1.39 bits per heavy atom. The van der Waals surface area contributed by atoms with Crippen LogP contribution in [0.4, 0.5) is 0 Å². The van der Waals surface area contributed by atoms with Crippen LogP contribution in [0.1, 0.15) is 29.6 Å². The van der Waals surface area contributed by atoms with Gasteiger partial charge in [-0.1, -0.05) is 12.1 Å². The largest absolute Gasteiger partial charge is 0.497 e.